The molecule has 1 heterocycles. The molecule has 0 radical (unpaired) electrons. The summed E-state index contributed by atoms with van der Waals surface area (Å²) in [5.74, 6) is -2.50. The molecule has 2 aromatic rings. The van der Waals surface area contributed by atoms with E-state index in [-0.39, 0.29) is 40.5 Å². The summed E-state index contributed by atoms with van der Waals surface area (Å²) < 4.78 is 58.7. The van der Waals surface area contributed by atoms with Crippen LogP contribution in [0.15, 0.2) is 36.4 Å². The van der Waals surface area contributed by atoms with Crippen molar-refractivity contribution < 1.29 is 36.4 Å². The minimum atomic E-state index is -4.21. The second-order valence-electron chi connectivity index (χ2n) is 7.31. The molecule has 3 amide bonds. The number of hydrogen-bond acceptors (Lipinski definition) is 7. The highest BCUT2D eigenvalue weighted by Gasteiger charge is 2.54. The molecular formula is C22H24N2O7S. The molecule has 2 aromatic carbocycles. The molecule has 1 aliphatic rings. The van der Waals surface area contributed by atoms with Crippen molar-refractivity contribution in [2.45, 2.75) is 25.6 Å². The number of nitrogens with one attached hydrogen (secondary N) is 1. The molecule has 0 fully saturated rings. The monoisotopic (exact) mass is 463 g/mol. The fourth-order valence-electron chi connectivity index (χ4n) is 3.63. The van der Waals surface area contributed by atoms with Gasteiger partial charge in [-0.1, -0.05) is 12.1 Å². The average Bonchev–Trinajstić information content (AvgIpc) is 2.98. The molecule has 0 unspecified atom stereocenters. The lowest BCUT2D eigenvalue weighted by molar-refractivity contribution is -0.114. The van der Waals surface area contributed by atoms with Gasteiger partial charge in [-0.15, -0.1) is 0 Å². The first-order chi connectivity index (χ1) is 16.1. The van der Waals surface area contributed by atoms with Crippen LogP contribution in [-0.2, 0) is 19.5 Å². The van der Waals surface area contributed by atoms with E-state index < -0.39 is 39.5 Å². The summed E-state index contributed by atoms with van der Waals surface area (Å²) >= 11 is 0. The molecule has 0 saturated carbocycles. The van der Waals surface area contributed by atoms with E-state index in [9.17, 15) is 22.8 Å². The molecule has 0 bridgehead atoms. The van der Waals surface area contributed by atoms with Crippen molar-refractivity contribution in [3.8, 4) is 11.5 Å². The summed E-state index contributed by atoms with van der Waals surface area (Å²) in [6.45, 7) is 4.16. The van der Waals surface area contributed by atoms with Crippen LogP contribution >= 0.6 is 0 Å². The van der Waals surface area contributed by atoms with Gasteiger partial charge >= 0.3 is 0 Å². The van der Waals surface area contributed by atoms with Crippen molar-refractivity contribution in [3.63, 3.8) is 0 Å². The summed E-state index contributed by atoms with van der Waals surface area (Å²) in [4.78, 5) is 36.9. The molecule has 10 heteroatoms. The molecule has 1 atom stereocenters. The number of hydrogen-bond donors (Lipinski definition) is 1. The van der Waals surface area contributed by atoms with Gasteiger partial charge in [0.15, 0.2) is 26.2 Å². The van der Waals surface area contributed by atoms with Crippen LogP contribution in [0.1, 0.15) is 51.2 Å². The maximum absolute atomic E-state index is 13.5. The predicted octanol–water partition coefficient (Wildman–Crippen LogP) is 2.57. The number of nitrogens with zero attached hydrogens (tertiary/aromatic N) is 1. The third-order valence-electron chi connectivity index (χ3n) is 5.26. The van der Waals surface area contributed by atoms with E-state index in [1.54, 1.807) is 6.92 Å². The molecule has 0 saturated heterocycles. The number of sulfone groups is 1. The summed E-state index contributed by atoms with van der Waals surface area (Å²) in [7, 11) is -7.01. The van der Waals surface area contributed by atoms with Crippen molar-refractivity contribution >= 4 is 33.2 Å². The summed E-state index contributed by atoms with van der Waals surface area (Å²) in [6.07, 6.45) is 0.873. The zero-order valence-electron chi connectivity index (χ0n) is 20.9. The molecule has 1 aliphatic heterocycles. The predicted molar refractivity (Wildman–Crippen MR) is 118 cm³/mol. The van der Waals surface area contributed by atoms with Gasteiger partial charge in [0.05, 0.1) is 34.6 Å². The van der Waals surface area contributed by atoms with Gasteiger partial charge in [-0.3, -0.25) is 14.4 Å². The number of carbonyl (C=O) groups is 3. The van der Waals surface area contributed by atoms with E-state index in [1.165, 1.54) is 50.2 Å². The number of anilines is 1. The first-order valence-electron chi connectivity index (χ1n) is 11.1. The smallest absolute Gasteiger partial charge is 0.265 e. The SMILES string of the molecule is [2H]C([2H])([2H])Oc1ccc([C@@](C)(N2C(=O)c3cccc(NC(C)=O)c3C2=O)S(C)(=O)=O)cc1OCC. The number of benzene rings is 2. The van der Waals surface area contributed by atoms with E-state index in [0.717, 1.165) is 6.26 Å². The Labute approximate surface area is 190 Å². The lowest BCUT2D eigenvalue weighted by Crippen LogP contribution is -2.52. The maximum atomic E-state index is 13.5. The highest BCUT2D eigenvalue weighted by atomic mass is 32.2. The molecule has 32 heavy (non-hydrogen) atoms. The highest BCUT2D eigenvalue weighted by Crippen LogP contribution is 2.43. The molecule has 0 aliphatic carbocycles. The van der Waals surface area contributed by atoms with Crippen molar-refractivity contribution in [1.29, 1.82) is 0 Å². The van der Waals surface area contributed by atoms with Crippen LogP contribution in [0.25, 0.3) is 0 Å². The average molecular weight is 464 g/mol. The van der Waals surface area contributed by atoms with Crippen LogP contribution in [0.2, 0.25) is 0 Å². The van der Waals surface area contributed by atoms with Gasteiger partial charge in [0, 0.05) is 13.2 Å². The number of rotatable bonds is 7. The molecule has 9 nitrogen and oxygen atoms in total. The third kappa shape index (κ3) is 3.60. The lowest BCUT2D eigenvalue weighted by Gasteiger charge is -2.36. The van der Waals surface area contributed by atoms with E-state index in [0.29, 0.717) is 4.90 Å². The van der Waals surface area contributed by atoms with E-state index >= 15 is 0 Å². The van der Waals surface area contributed by atoms with Crippen LogP contribution in [0.4, 0.5) is 5.69 Å². The largest absolute Gasteiger partial charge is 0.493 e. The number of ether oxygens (including phenoxy) is 2. The Balaban J connectivity index is 2.22. The summed E-state index contributed by atoms with van der Waals surface area (Å²) in [5, 5.41) is 2.48. The van der Waals surface area contributed by atoms with Crippen LogP contribution in [0.5, 0.6) is 11.5 Å². The fourth-order valence-corrected chi connectivity index (χ4v) is 4.68. The van der Waals surface area contributed by atoms with Crippen molar-refractivity contribution in [3.05, 3.63) is 53.1 Å². The Morgan fingerprint density at radius 1 is 1.19 bits per heavy atom. The van der Waals surface area contributed by atoms with Crippen LogP contribution in [0, 0.1) is 0 Å². The Bertz CT molecular complexity index is 1320. The van der Waals surface area contributed by atoms with Gasteiger partial charge in [-0.2, -0.15) is 0 Å². The quantitative estimate of drug-likeness (QED) is 0.627. The van der Waals surface area contributed by atoms with Gasteiger partial charge in [0.1, 0.15) is 0 Å². The van der Waals surface area contributed by atoms with E-state index in [4.69, 9.17) is 13.6 Å². The number of methoxy groups -OCH3 is 1. The van der Waals surface area contributed by atoms with Crippen LogP contribution in [-0.4, -0.2) is 50.9 Å². The molecule has 0 aromatic heterocycles. The first kappa shape index (κ1) is 19.3. The topological polar surface area (TPSA) is 119 Å². The van der Waals surface area contributed by atoms with E-state index in [1.807, 2.05) is 0 Å². The van der Waals surface area contributed by atoms with Crippen molar-refractivity contribution in [1.82, 2.24) is 4.90 Å². The minimum absolute atomic E-state index is 0.0306. The fraction of sp³-hybridized carbons (Fsp3) is 0.318. The van der Waals surface area contributed by atoms with Gasteiger partial charge in [0.25, 0.3) is 11.8 Å². The summed E-state index contributed by atoms with van der Waals surface area (Å²) in [6, 6.07) is 7.94. The van der Waals surface area contributed by atoms with Gasteiger partial charge in [-0.05, 0) is 43.7 Å². The molecule has 1 N–H and O–H groups in total. The van der Waals surface area contributed by atoms with Crippen molar-refractivity contribution in [2.24, 2.45) is 0 Å². The maximum Gasteiger partial charge on any atom is 0.265 e. The zero-order valence-corrected chi connectivity index (χ0v) is 18.7. The van der Waals surface area contributed by atoms with Gasteiger partial charge in [0.2, 0.25) is 5.91 Å². The Kier molecular flexibility index (Phi) is 4.99. The lowest BCUT2D eigenvalue weighted by atomic mass is 10.1. The molecule has 3 rings (SSSR count). The third-order valence-corrected chi connectivity index (χ3v) is 7.13. The van der Waals surface area contributed by atoms with Gasteiger partial charge in [-0.25, -0.2) is 13.3 Å². The second kappa shape index (κ2) is 8.27. The summed E-state index contributed by atoms with van der Waals surface area (Å²) in [5.41, 5.74) is -0.154. The first-order valence-corrected chi connectivity index (χ1v) is 11.5. The Hall–Kier alpha value is -3.40. The van der Waals surface area contributed by atoms with Gasteiger partial charge < -0.3 is 14.8 Å². The minimum Gasteiger partial charge on any atom is -0.493 e. The second-order valence-corrected chi connectivity index (χ2v) is 9.65. The standard InChI is InChI=1S/C22H24N2O7S/c1-6-31-18-12-14(10-11-17(18)30-4)22(3,32(5,28)29)24-20(26)15-8-7-9-16(23-13(2)25)19(15)21(24)27/h7-12H,6H2,1-5H3,(H,23,25)/t22-/m0/s1/i4D3. The van der Waals surface area contributed by atoms with E-state index in [2.05, 4.69) is 5.32 Å². The molecule has 0 spiro atoms. The normalized spacial score (nSPS) is 17.0. The zero-order chi connectivity index (χ0) is 26.3. The Morgan fingerprint density at radius 3 is 2.50 bits per heavy atom. The van der Waals surface area contributed by atoms with Crippen LogP contribution in [0.3, 0.4) is 0 Å². The Morgan fingerprint density at radius 2 is 1.91 bits per heavy atom. The number of imide groups is 1. The highest BCUT2D eigenvalue weighted by molar-refractivity contribution is 7.91. The van der Waals surface area contributed by atoms with Crippen LogP contribution < -0.4 is 14.8 Å². The number of amides is 3. The number of carbonyl (C=O) groups excluding carboxylic acids is 3. The number of fused-ring (bicyclic) bond motifs is 1. The molecular weight excluding hydrogens is 436 g/mol. The molecule has 170 valence electrons. The van der Waals surface area contributed by atoms with Crippen molar-refractivity contribution in [2.75, 3.05) is 25.2 Å².